The Kier molecular flexibility index (Phi) is 9.92. The summed E-state index contributed by atoms with van der Waals surface area (Å²) in [5.41, 5.74) is 2.37. The lowest BCUT2D eigenvalue weighted by atomic mass is 10.2. The number of urea groups is 2. The molecule has 1 unspecified atom stereocenters. The van der Waals surface area contributed by atoms with E-state index in [2.05, 4.69) is 58.6 Å². The van der Waals surface area contributed by atoms with Gasteiger partial charge in [0.25, 0.3) is 0 Å². The highest BCUT2D eigenvalue weighted by Crippen LogP contribution is 2.24. The molecule has 0 fully saturated rings. The fourth-order valence-corrected chi connectivity index (χ4v) is 7.08. The molecule has 0 aliphatic heterocycles. The Morgan fingerprint density at radius 3 is 1.63 bits per heavy atom. The average molecular weight is 489 g/mol. The Labute approximate surface area is 209 Å². The highest BCUT2D eigenvalue weighted by molar-refractivity contribution is 6.91. The van der Waals surface area contributed by atoms with Crippen molar-refractivity contribution in [2.24, 2.45) is 0 Å². The van der Waals surface area contributed by atoms with E-state index in [1.807, 2.05) is 66.7 Å². The smallest absolute Gasteiger partial charge is 0.315 e. The first-order valence-electron chi connectivity index (χ1n) is 12.1. The van der Waals surface area contributed by atoms with Crippen molar-refractivity contribution in [2.75, 3.05) is 13.1 Å². The lowest BCUT2D eigenvalue weighted by molar-refractivity contribution is 0.238. The van der Waals surface area contributed by atoms with E-state index in [0.717, 1.165) is 17.5 Å². The van der Waals surface area contributed by atoms with Gasteiger partial charge in [0.15, 0.2) is 0 Å². The van der Waals surface area contributed by atoms with Gasteiger partial charge < -0.3 is 21.3 Å². The molecule has 0 aromatic heterocycles. The molecule has 6 nitrogen and oxygen atoms in total. The summed E-state index contributed by atoms with van der Waals surface area (Å²) < 4.78 is 0. The van der Waals surface area contributed by atoms with Gasteiger partial charge in [0, 0.05) is 26.2 Å². The second-order valence-electron chi connectivity index (χ2n) is 9.22. The van der Waals surface area contributed by atoms with Gasteiger partial charge in [0.2, 0.25) is 0 Å². The molecule has 7 heteroatoms. The average Bonchev–Trinajstić information content (AvgIpc) is 2.89. The molecule has 3 rings (SSSR count). The van der Waals surface area contributed by atoms with Crippen LogP contribution in [0.15, 0.2) is 91.0 Å². The van der Waals surface area contributed by atoms with Gasteiger partial charge >= 0.3 is 12.1 Å². The third-order valence-electron chi connectivity index (χ3n) is 6.42. The fourth-order valence-electron chi connectivity index (χ4n) is 4.08. The topological polar surface area (TPSA) is 82.3 Å². The van der Waals surface area contributed by atoms with Crippen LogP contribution in [0.1, 0.15) is 17.5 Å². The summed E-state index contributed by atoms with van der Waals surface area (Å²) in [7, 11) is -1.92. The van der Waals surface area contributed by atoms with E-state index in [0.29, 0.717) is 26.2 Å². The molecule has 0 saturated carbocycles. The van der Waals surface area contributed by atoms with Gasteiger partial charge in [-0.3, -0.25) is 0 Å². The predicted molar refractivity (Wildman–Crippen MR) is 145 cm³/mol. The number of amides is 4. The minimum Gasteiger partial charge on any atom is -0.338 e. The monoisotopic (exact) mass is 488 g/mol. The summed E-state index contributed by atoms with van der Waals surface area (Å²) in [6, 6.07) is 29.8. The number of rotatable bonds is 11. The number of benzene rings is 3. The molecule has 0 heterocycles. The van der Waals surface area contributed by atoms with Gasteiger partial charge in [-0.15, -0.1) is 0 Å². The van der Waals surface area contributed by atoms with Crippen molar-refractivity contribution in [3.05, 3.63) is 102 Å². The molecule has 1 atom stereocenters. The van der Waals surface area contributed by atoms with E-state index in [9.17, 15) is 9.59 Å². The summed E-state index contributed by atoms with van der Waals surface area (Å²) in [5.74, 6) is 0. The molecule has 0 aliphatic rings. The van der Waals surface area contributed by atoms with Gasteiger partial charge in [0.05, 0.1) is 8.07 Å². The second kappa shape index (κ2) is 13.3. The van der Waals surface area contributed by atoms with Crippen LogP contribution in [-0.4, -0.2) is 33.2 Å². The van der Waals surface area contributed by atoms with E-state index >= 15 is 0 Å². The molecular formula is C28H36N4O2Si. The van der Waals surface area contributed by atoms with Crippen molar-refractivity contribution in [1.82, 2.24) is 21.3 Å². The Hall–Kier alpha value is -3.58. The highest BCUT2D eigenvalue weighted by Gasteiger charge is 2.33. The summed E-state index contributed by atoms with van der Waals surface area (Å²) in [6.07, 6.45) is 0.784. The molecule has 0 aliphatic carbocycles. The third kappa shape index (κ3) is 8.61. The van der Waals surface area contributed by atoms with Crippen LogP contribution >= 0.6 is 0 Å². The summed E-state index contributed by atoms with van der Waals surface area (Å²) in [5, 5.41) is 13.2. The SMILES string of the molecule is C[Si](C)(c1ccccc1)C(CCNC(=O)NCc1ccccc1)CNC(=O)NCc1ccccc1. The minimum absolute atomic E-state index is 0.176. The van der Waals surface area contributed by atoms with Crippen molar-refractivity contribution in [1.29, 1.82) is 0 Å². The molecule has 3 aromatic rings. The summed E-state index contributed by atoms with van der Waals surface area (Å²) >= 11 is 0. The van der Waals surface area contributed by atoms with E-state index in [-0.39, 0.29) is 17.6 Å². The van der Waals surface area contributed by atoms with E-state index in [1.165, 1.54) is 5.19 Å². The van der Waals surface area contributed by atoms with Gasteiger partial charge in [-0.2, -0.15) is 0 Å². The van der Waals surface area contributed by atoms with Crippen LogP contribution < -0.4 is 26.5 Å². The standard InChI is InChI=1S/C28H36N4O2Si/c1-35(2,25-16-10-5-11-17-25)26(22-32-28(34)31-21-24-14-8-4-9-15-24)18-19-29-27(33)30-20-23-12-6-3-7-13-23/h3-17,26H,18-22H2,1-2H3,(H2,29,30,33)(H2,31,32,34). The number of carbonyl (C=O) groups is 2. The van der Waals surface area contributed by atoms with Crippen LogP contribution in [0.2, 0.25) is 18.6 Å². The molecular weight excluding hydrogens is 452 g/mol. The van der Waals surface area contributed by atoms with Gasteiger partial charge in [0.1, 0.15) is 0 Å². The number of hydrogen-bond acceptors (Lipinski definition) is 2. The molecule has 0 radical (unpaired) electrons. The molecule has 0 spiro atoms. The largest absolute Gasteiger partial charge is 0.338 e. The molecule has 4 N–H and O–H groups in total. The van der Waals surface area contributed by atoms with E-state index < -0.39 is 8.07 Å². The molecule has 35 heavy (non-hydrogen) atoms. The molecule has 4 amide bonds. The predicted octanol–water partition coefficient (Wildman–Crippen LogP) is 4.36. The first-order chi connectivity index (χ1) is 16.9. The lowest BCUT2D eigenvalue weighted by Crippen LogP contribution is -2.51. The number of nitrogens with one attached hydrogen (secondary N) is 4. The van der Waals surface area contributed by atoms with Crippen LogP contribution in [0.5, 0.6) is 0 Å². The second-order valence-corrected chi connectivity index (χ2v) is 14.1. The maximum absolute atomic E-state index is 12.5. The Morgan fingerprint density at radius 2 is 1.11 bits per heavy atom. The third-order valence-corrected chi connectivity index (χ3v) is 10.8. The van der Waals surface area contributed by atoms with Crippen molar-refractivity contribution in [3.8, 4) is 0 Å². The Morgan fingerprint density at radius 1 is 0.657 bits per heavy atom. The van der Waals surface area contributed by atoms with Crippen LogP contribution in [0, 0.1) is 0 Å². The van der Waals surface area contributed by atoms with Crippen LogP contribution in [0.25, 0.3) is 0 Å². The minimum atomic E-state index is -1.92. The molecule has 184 valence electrons. The zero-order valence-electron chi connectivity index (χ0n) is 20.6. The Balaban J connectivity index is 1.53. The van der Waals surface area contributed by atoms with Crippen LogP contribution in [-0.2, 0) is 13.1 Å². The maximum Gasteiger partial charge on any atom is 0.315 e. The van der Waals surface area contributed by atoms with Gasteiger partial charge in [-0.25, -0.2) is 9.59 Å². The Bertz CT molecular complexity index is 1050. The summed E-state index contributed by atoms with van der Waals surface area (Å²) in [6.45, 7) is 6.73. The van der Waals surface area contributed by atoms with Crippen molar-refractivity contribution in [3.63, 3.8) is 0 Å². The summed E-state index contributed by atoms with van der Waals surface area (Å²) in [4.78, 5) is 24.8. The van der Waals surface area contributed by atoms with Crippen molar-refractivity contribution < 1.29 is 9.59 Å². The quantitative estimate of drug-likeness (QED) is 0.303. The fraction of sp³-hybridized carbons (Fsp3) is 0.286. The molecule has 0 saturated heterocycles. The van der Waals surface area contributed by atoms with Crippen LogP contribution in [0.3, 0.4) is 0 Å². The van der Waals surface area contributed by atoms with Crippen LogP contribution in [0.4, 0.5) is 9.59 Å². The zero-order chi connectivity index (χ0) is 24.9. The van der Waals surface area contributed by atoms with Gasteiger partial charge in [-0.1, -0.05) is 109 Å². The van der Waals surface area contributed by atoms with E-state index in [4.69, 9.17) is 0 Å². The first kappa shape index (κ1) is 26.0. The molecule has 0 bridgehead atoms. The van der Waals surface area contributed by atoms with Crippen molar-refractivity contribution >= 4 is 25.3 Å². The zero-order valence-corrected chi connectivity index (χ0v) is 21.6. The number of hydrogen-bond donors (Lipinski definition) is 4. The first-order valence-corrected chi connectivity index (χ1v) is 15.2. The maximum atomic E-state index is 12.5. The van der Waals surface area contributed by atoms with Gasteiger partial charge in [-0.05, 0) is 23.1 Å². The lowest BCUT2D eigenvalue weighted by Gasteiger charge is -2.33. The highest BCUT2D eigenvalue weighted by atomic mass is 28.3. The van der Waals surface area contributed by atoms with E-state index in [1.54, 1.807) is 0 Å². The molecule has 3 aromatic carbocycles. The van der Waals surface area contributed by atoms with Crippen molar-refractivity contribution in [2.45, 2.75) is 38.1 Å². The number of carbonyl (C=O) groups excluding carboxylic acids is 2. The normalized spacial score (nSPS) is 11.8.